The summed E-state index contributed by atoms with van der Waals surface area (Å²) in [5.41, 5.74) is 0.696. The zero-order valence-corrected chi connectivity index (χ0v) is 14.8. The molecule has 0 unspecified atom stereocenters. The van der Waals surface area contributed by atoms with Gasteiger partial charge in [0.2, 0.25) is 0 Å². The summed E-state index contributed by atoms with van der Waals surface area (Å²) in [6, 6.07) is 0. The van der Waals surface area contributed by atoms with Crippen LogP contribution < -0.4 is 10.9 Å². The maximum Gasteiger partial charge on any atom is 0.283 e. The van der Waals surface area contributed by atoms with Crippen LogP contribution in [0, 0.1) is 0 Å². The standard InChI is InChI=1S/C13H23BrN4OS/c1-17(2)7-8-18-13(19)12(14)11(10-16-18)15-6-4-5-9-20-3/h10,15H,4-9H2,1-3H3. The van der Waals surface area contributed by atoms with Crippen molar-refractivity contribution in [2.24, 2.45) is 0 Å². The molecule has 0 bridgehead atoms. The van der Waals surface area contributed by atoms with Gasteiger partial charge in [-0.2, -0.15) is 16.9 Å². The van der Waals surface area contributed by atoms with Gasteiger partial charge in [0.15, 0.2) is 0 Å². The van der Waals surface area contributed by atoms with Crippen molar-refractivity contribution in [2.75, 3.05) is 44.5 Å². The summed E-state index contributed by atoms with van der Waals surface area (Å²) in [6.07, 6.45) is 6.10. The van der Waals surface area contributed by atoms with Crippen LogP contribution >= 0.6 is 27.7 Å². The van der Waals surface area contributed by atoms with Gasteiger partial charge in [0.1, 0.15) is 4.47 Å². The maximum atomic E-state index is 12.1. The molecule has 1 aromatic heterocycles. The van der Waals surface area contributed by atoms with Gasteiger partial charge in [-0.1, -0.05) is 0 Å². The van der Waals surface area contributed by atoms with Gasteiger partial charge >= 0.3 is 0 Å². The summed E-state index contributed by atoms with van der Waals surface area (Å²) in [5.74, 6) is 1.17. The molecule has 1 aromatic rings. The number of halogens is 1. The van der Waals surface area contributed by atoms with Crippen LogP contribution in [0.1, 0.15) is 12.8 Å². The number of thioether (sulfide) groups is 1. The van der Waals surface area contributed by atoms with Crippen LogP contribution in [0.4, 0.5) is 5.69 Å². The van der Waals surface area contributed by atoms with E-state index >= 15 is 0 Å². The second-order valence-electron chi connectivity index (χ2n) is 4.83. The van der Waals surface area contributed by atoms with Crippen LogP contribution in [0.2, 0.25) is 0 Å². The number of likely N-dealkylation sites (N-methyl/N-ethyl adjacent to an activating group) is 1. The lowest BCUT2D eigenvalue weighted by molar-refractivity contribution is 0.367. The fourth-order valence-electron chi connectivity index (χ4n) is 1.64. The second kappa shape index (κ2) is 9.41. The van der Waals surface area contributed by atoms with Crippen molar-refractivity contribution >= 4 is 33.4 Å². The Morgan fingerprint density at radius 2 is 2.20 bits per heavy atom. The summed E-state index contributed by atoms with van der Waals surface area (Å²) in [4.78, 5) is 14.2. The molecule has 0 aliphatic rings. The molecular formula is C13H23BrN4OS. The number of aromatic nitrogens is 2. The van der Waals surface area contributed by atoms with E-state index in [4.69, 9.17) is 0 Å². The number of anilines is 1. The SMILES string of the molecule is CSCCCCNc1cnn(CCN(C)C)c(=O)c1Br. The molecule has 1 rings (SSSR count). The molecule has 0 saturated carbocycles. The van der Waals surface area contributed by atoms with Gasteiger partial charge in [-0.15, -0.1) is 0 Å². The third-order valence-corrected chi connectivity index (χ3v) is 4.30. The van der Waals surface area contributed by atoms with E-state index in [0.717, 1.165) is 25.2 Å². The molecule has 1 heterocycles. The number of hydrogen-bond acceptors (Lipinski definition) is 5. The fraction of sp³-hybridized carbons (Fsp3) is 0.692. The molecule has 0 spiro atoms. The lowest BCUT2D eigenvalue weighted by Gasteiger charge is -2.12. The van der Waals surface area contributed by atoms with Crippen molar-refractivity contribution in [1.29, 1.82) is 0 Å². The van der Waals surface area contributed by atoms with Crippen LogP contribution in [-0.4, -0.2) is 53.9 Å². The predicted octanol–water partition coefficient (Wildman–Crippen LogP) is 2.12. The van der Waals surface area contributed by atoms with Crippen LogP contribution in [0.3, 0.4) is 0 Å². The Morgan fingerprint density at radius 1 is 1.45 bits per heavy atom. The van der Waals surface area contributed by atoms with Crippen molar-refractivity contribution in [3.63, 3.8) is 0 Å². The molecule has 0 atom stereocenters. The smallest absolute Gasteiger partial charge is 0.283 e. The molecule has 5 nitrogen and oxygen atoms in total. The molecule has 0 aromatic carbocycles. The lowest BCUT2D eigenvalue weighted by Crippen LogP contribution is -2.29. The quantitative estimate of drug-likeness (QED) is 0.681. The van der Waals surface area contributed by atoms with Crippen LogP contribution in [0.25, 0.3) is 0 Å². The van der Waals surface area contributed by atoms with Crippen molar-refractivity contribution in [2.45, 2.75) is 19.4 Å². The first-order chi connectivity index (χ1) is 9.56. The van der Waals surface area contributed by atoms with Gasteiger partial charge in [0.25, 0.3) is 5.56 Å². The number of rotatable bonds is 9. The van der Waals surface area contributed by atoms with Gasteiger partial charge in [0, 0.05) is 13.1 Å². The van der Waals surface area contributed by atoms with Crippen LogP contribution in [0.5, 0.6) is 0 Å². The topological polar surface area (TPSA) is 50.2 Å². The molecule has 0 saturated heterocycles. The highest BCUT2D eigenvalue weighted by atomic mass is 79.9. The molecule has 0 aliphatic heterocycles. The summed E-state index contributed by atoms with van der Waals surface area (Å²) in [5, 5.41) is 7.47. The highest BCUT2D eigenvalue weighted by molar-refractivity contribution is 9.10. The molecule has 0 aliphatic carbocycles. The van der Waals surface area contributed by atoms with E-state index in [9.17, 15) is 4.79 Å². The van der Waals surface area contributed by atoms with E-state index in [1.807, 2.05) is 30.8 Å². The summed E-state index contributed by atoms with van der Waals surface area (Å²) >= 11 is 5.22. The number of nitrogens with zero attached hydrogens (tertiary/aromatic N) is 3. The summed E-state index contributed by atoms with van der Waals surface area (Å²) in [7, 11) is 3.95. The van der Waals surface area contributed by atoms with E-state index in [1.54, 1.807) is 6.20 Å². The summed E-state index contributed by atoms with van der Waals surface area (Å²) < 4.78 is 2.05. The van der Waals surface area contributed by atoms with Crippen LogP contribution in [-0.2, 0) is 6.54 Å². The Kier molecular flexibility index (Phi) is 8.25. The molecule has 7 heteroatoms. The lowest BCUT2D eigenvalue weighted by atomic mass is 10.3. The number of nitrogens with one attached hydrogen (secondary N) is 1. The first kappa shape index (κ1) is 17.5. The van der Waals surface area contributed by atoms with E-state index < -0.39 is 0 Å². The zero-order valence-electron chi connectivity index (χ0n) is 12.4. The first-order valence-electron chi connectivity index (χ1n) is 6.69. The molecule has 1 N–H and O–H groups in total. The third kappa shape index (κ3) is 5.85. The highest BCUT2D eigenvalue weighted by Gasteiger charge is 2.08. The molecule has 0 fully saturated rings. The largest absolute Gasteiger partial charge is 0.383 e. The van der Waals surface area contributed by atoms with Gasteiger partial charge in [-0.25, -0.2) is 4.68 Å². The molecular weight excluding hydrogens is 340 g/mol. The second-order valence-corrected chi connectivity index (χ2v) is 6.61. The van der Waals surface area contributed by atoms with Gasteiger partial charge in [-0.05, 0) is 54.9 Å². The minimum absolute atomic E-state index is 0.0824. The monoisotopic (exact) mass is 362 g/mol. The minimum Gasteiger partial charge on any atom is -0.383 e. The normalized spacial score (nSPS) is 11.1. The summed E-state index contributed by atoms with van der Waals surface area (Å²) in [6.45, 7) is 2.25. The molecule has 0 radical (unpaired) electrons. The van der Waals surface area contributed by atoms with E-state index in [0.29, 0.717) is 11.0 Å². The predicted molar refractivity (Wildman–Crippen MR) is 90.9 cm³/mol. The van der Waals surface area contributed by atoms with Gasteiger partial charge < -0.3 is 10.2 Å². The Hall–Kier alpha value is -0.530. The Labute approximate surface area is 133 Å². The molecule has 0 amide bonds. The Bertz CT molecular complexity index is 464. The van der Waals surface area contributed by atoms with Gasteiger partial charge in [0.05, 0.1) is 18.4 Å². The Balaban J connectivity index is 2.57. The third-order valence-electron chi connectivity index (χ3n) is 2.83. The maximum absolute atomic E-state index is 12.1. The number of hydrogen-bond donors (Lipinski definition) is 1. The molecule has 20 heavy (non-hydrogen) atoms. The average Bonchev–Trinajstić information content (AvgIpc) is 2.42. The van der Waals surface area contributed by atoms with Crippen molar-refractivity contribution in [3.05, 3.63) is 21.0 Å². The number of unbranched alkanes of at least 4 members (excludes halogenated alkanes) is 1. The van der Waals surface area contributed by atoms with Crippen molar-refractivity contribution < 1.29 is 0 Å². The van der Waals surface area contributed by atoms with Crippen molar-refractivity contribution in [1.82, 2.24) is 14.7 Å². The van der Waals surface area contributed by atoms with E-state index in [-0.39, 0.29) is 5.56 Å². The van der Waals surface area contributed by atoms with E-state index in [2.05, 4.69) is 32.6 Å². The van der Waals surface area contributed by atoms with Crippen molar-refractivity contribution in [3.8, 4) is 0 Å². The highest BCUT2D eigenvalue weighted by Crippen LogP contribution is 2.16. The first-order valence-corrected chi connectivity index (χ1v) is 8.88. The zero-order chi connectivity index (χ0) is 15.0. The van der Waals surface area contributed by atoms with Gasteiger partial charge in [-0.3, -0.25) is 4.79 Å². The van der Waals surface area contributed by atoms with E-state index in [1.165, 1.54) is 16.9 Å². The van der Waals surface area contributed by atoms with Crippen LogP contribution in [0.15, 0.2) is 15.5 Å². The molecule has 114 valence electrons. The average molecular weight is 363 g/mol. The Morgan fingerprint density at radius 3 is 2.85 bits per heavy atom. The minimum atomic E-state index is -0.0824. The fourth-order valence-corrected chi connectivity index (χ4v) is 2.58.